The maximum absolute atomic E-state index is 13.4. The maximum Gasteiger partial charge on any atom is 0.272 e. The number of benzene rings is 1. The minimum absolute atomic E-state index is 0.0364. The number of amides is 1. The third-order valence-corrected chi connectivity index (χ3v) is 6.08. The molecule has 10 heteroatoms. The molecule has 2 N–H and O–H groups in total. The van der Waals surface area contributed by atoms with Gasteiger partial charge in [-0.3, -0.25) is 4.79 Å². The Bertz CT molecular complexity index is 1190. The molecular weight excluding hydrogens is 405 g/mol. The van der Waals surface area contributed by atoms with Crippen LogP contribution in [0, 0.1) is 5.82 Å². The fourth-order valence-corrected chi connectivity index (χ4v) is 4.69. The average Bonchev–Trinajstić information content (AvgIpc) is 3.49. The van der Waals surface area contributed by atoms with Crippen LogP contribution in [0.25, 0.3) is 15.9 Å². The number of pyridine rings is 1. The third-order valence-electron chi connectivity index (χ3n) is 5.13. The van der Waals surface area contributed by atoms with Crippen molar-refractivity contribution >= 4 is 32.6 Å². The van der Waals surface area contributed by atoms with Gasteiger partial charge < -0.3 is 10.6 Å². The molecule has 0 spiro atoms. The summed E-state index contributed by atoms with van der Waals surface area (Å²) < 4.78 is 14.2. The largest absolute Gasteiger partial charge is 0.357 e. The Balaban J connectivity index is 1.33. The summed E-state index contributed by atoms with van der Waals surface area (Å²) in [5.74, 6) is -0.547. The van der Waals surface area contributed by atoms with Crippen molar-refractivity contribution in [3.8, 4) is 5.69 Å². The Hall–Kier alpha value is -3.40. The van der Waals surface area contributed by atoms with Crippen LogP contribution in [0.5, 0.6) is 0 Å². The number of fused-ring (bicyclic) bond motifs is 1. The molecule has 4 aromatic rings. The first-order valence-electron chi connectivity index (χ1n) is 9.62. The zero-order valence-electron chi connectivity index (χ0n) is 15.8. The molecule has 1 amide bonds. The molecule has 3 aromatic heterocycles. The molecule has 0 bridgehead atoms. The van der Waals surface area contributed by atoms with Gasteiger partial charge in [-0.1, -0.05) is 11.3 Å². The smallest absolute Gasteiger partial charge is 0.272 e. The molecule has 3 heterocycles. The number of carbonyl (C=O) groups excluding carboxylic acids is 1. The van der Waals surface area contributed by atoms with Gasteiger partial charge in [0.2, 0.25) is 0 Å². The summed E-state index contributed by atoms with van der Waals surface area (Å²) in [6.45, 7) is 0. The van der Waals surface area contributed by atoms with Crippen LogP contribution < -0.4 is 10.6 Å². The fourth-order valence-electron chi connectivity index (χ4n) is 3.73. The standard InChI is InChI=1S/C20H18FN7OS/c21-12-6-7-15-17(11-12)30-20(27-15)26-14-4-1-3-13(14)25-19(29)18-16(5-2-8-22-18)28-23-9-10-24-28/h2,5-11,13-14H,1,3-4H2,(H,25,29)(H,26,27)/t13-,14-/m0/s1. The lowest BCUT2D eigenvalue weighted by molar-refractivity contribution is 0.0930. The molecular formula is C20H18FN7OS. The molecule has 0 aliphatic heterocycles. The number of aromatic nitrogens is 5. The van der Waals surface area contributed by atoms with Crippen LogP contribution in [0.1, 0.15) is 29.8 Å². The second-order valence-electron chi connectivity index (χ2n) is 7.08. The summed E-state index contributed by atoms with van der Waals surface area (Å²) in [4.78, 5) is 23.1. The molecule has 1 aromatic carbocycles. The van der Waals surface area contributed by atoms with Crippen molar-refractivity contribution in [2.24, 2.45) is 0 Å². The highest BCUT2D eigenvalue weighted by Crippen LogP contribution is 2.30. The van der Waals surface area contributed by atoms with Crippen molar-refractivity contribution in [1.82, 2.24) is 30.3 Å². The van der Waals surface area contributed by atoms with E-state index in [1.54, 1.807) is 36.8 Å². The van der Waals surface area contributed by atoms with Gasteiger partial charge in [0, 0.05) is 18.3 Å². The Morgan fingerprint density at radius 2 is 1.97 bits per heavy atom. The molecule has 5 rings (SSSR count). The van der Waals surface area contributed by atoms with E-state index < -0.39 is 0 Å². The Labute approximate surface area is 175 Å². The number of rotatable bonds is 5. The van der Waals surface area contributed by atoms with Gasteiger partial charge in [0.1, 0.15) is 11.5 Å². The van der Waals surface area contributed by atoms with Gasteiger partial charge in [0.25, 0.3) is 5.91 Å². The minimum atomic E-state index is -0.276. The van der Waals surface area contributed by atoms with E-state index in [-0.39, 0.29) is 29.5 Å². The number of carbonyl (C=O) groups is 1. The highest BCUT2D eigenvalue weighted by molar-refractivity contribution is 7.22. The Morgan fingerprint density at radius 1 is 1.13 bits per heavy atom. The van der Waals surface area contributed by atoms with Crippen molar-refractivity contribution in [1.29, 1.82) is 0 Å². The monoisotopic (exact) mass is 423 g/mol. The maximum atomic E-state index is 13.4. The molecule has 1 aliphatic carbocycles. The molecule has 30 heavy (non-hydrogen) atoms. The molecule has 1 fully saturated rings. The van der Waals surface area contributed by atoms with E-state index in [9.17, 15) is 9.18 Å². The van der Waals surface area contributed by atoms with Crippen molar-refractivity contribution in [2.45, 2.75) is 31.3 Å². The molecule has 8 nitrogen and oxygen atoms in total. The van der Waals surface area contributed by atoms with Gasteiger partial charge in [-0.2, -0.15) is 10.2 Å². The number of thiazole rings is 1. The third kappa shape index (κ3) is 3.61. The number of anilines is 1. The summed E-state index contributed by atoms with van der Waals surface area (Å²) >= 11 is 1.41. The molecule has 0 unspecified atom stereocenters. The second kappa shape index (κ2) is 7.79. The summed E-state index contributed by atoms with van der Waals surface area (Å²) in [6, 6.07) is 8.03. The van der Waals surface area contributed by atoms with E-state index in [0.717, 1.165) is 34.6 Å². The number of nitrogens with zero attached hydrogens (tertiary/aromatic N) is 5. The molecule has 2 atom stereocenters. The summed E-state index contributed by atoms with van der Waals surface area (Å²) in [5.41, 5.74) is 1.55. The Kier molecular flexibility index (Phi) is 4.83. The van der Waals surface area contributed by atoms with E-state index in [2.05, 4.69) is 30.8 Å². The van der Waals surface area contributed by atoms with E-state index in [1.807, 2.05) is 0 Å². The molecule has 0 saturated heterocycles. The molecule has 152 valence electrons. The van der Waals surface area contributed by atoms with Gasteiger partial charge in [0.05, 0.1) is 22.6 Å². The Morgan fingerprint density at radius 3 is 2.83 bits per heavy atom. The fraction of sp³-hybridized carbons (Fsp3) is 0.250. The lowest BCUT2D eigenvalue weighted by Crippen LogP contribution is -2.43. The van der Waals surface area contributed by atoms with Crippen LogP contribution in [-0.2, 0) is 0 Å². The second-order valence-corrected chi connectivity index (χ2v) is 8.11. The lowest BCUT2D eigenvalue weighted by Gasteiger charge is -2.22. The predicted molar refractivity (Wildman–Crippen MR) is 111 cm³/mol. The summed E-state index contributed by atoms with van der Waals surface area (Å²) in [6.07, 6.45) is 7.42. The van der Waals surface area contributed by atoms with Gasteiger partial charge in [-0.25, -0.2) is 14.4 Å². The van der Waals surface area contributed by atoms with E-state index in [0.29, 0.717) is 5.69 Å². The topological polar surface area (TPSA) is 97.6 Å². The van der Waals surface area contributed by atoms with Crippen molar-refractivity contribution in [2.75, 3.05) is 5.32 Å². The SMILES string of the molecule is O=C(N[C@H]1CCC[C@@H]1Nc1nc2ccc(F)cc2s1)c1ncccc1-n1nccn1. The number of hydrogen-bond donors (Lipinski definition) is 2. The quantitative estimate of drug-likeness (QED) is 0.512. The normalized spacial score (nSPS) is 18.6. The zero-order chi connectivity index (χ0) is 20.5. The highest BCUT2D eigenvalue weighted by atomic mass is 32.1. The van der Waals surface area contributed by atoms with E-state index in [1.165, 1.54) is 28.3 Å². The van der Waals surface area contributed by atoms with Gasteiger partial charge in [-0.05, 0) is 49.6 Å². The van der Waals surface area contributed by atoms with Crippen LogP contribution in [0.15, 0.2) is 48.9 Å². The van der Waals surface area contributed by atoms with Crippen LogP contribution in [0.4, 0.5) is 9.52 Å². The first-order chi connectivity index (χ1) is 14.7. The molecule has 0 radical (unpaired) electrons. The highest BCUT2D eigenvalue weighted by Gasteiger charge is 2.30. The van der Waals surface area contributed by atoms with E-state index in [4.69, 9.17) is 0 Å². The number of halogens is 1. The first kappa shape index (κ1) is 18.6. The number of hydrogen-bond acceptors (Lipinski definition) is 7. The van der Waals surface area contributed by atoms with Crippen molar-refractivity contribution < 1.29 is 9.18 Å². The van der Waals surface area contributed by atoms with Crippen molar-refractivity contribution in [3.05, 3.63) is 60.4 Å². The zero-order valence-corrected chi connectivity index (χ0v) is 16.6. The minimum Gasteiger partial charge on any atom is -0.357 e. The van der Waals surface area contributed by atoms with E-state index >= 15 is 0 Å². The predicted octanol–water partition coefficient (Wildman–Crippen LogP) is 3.17. The van der Waals surface area contributed by atoms with Crippen LogP contribution in [-0.4, -0.2) is 43.0 Å². The van der Waals surface area contributed by atoms with Gasteiger partial charge >= 0.3 is 0 Å². The first-order valence-corrected chi connectivity index (χ1v) is 10.4. The van der Waals surface area contributed by atoms with Crippen molar-refractivity contribution in [3.63, 3.8) is 0 Å². The molecule has 1 aliphatic rings. The molecule has 1 saturated carbocycles. The lowest BCUT2D eigenvalue weighted by atomic mass is 10.1. The summed E-state index contributed by atoms with van der Waals surface area (Å²) in [7, 11) is 0. The summed E-state index contributed by atoms with van der Waals surface area (Å²) in [5, 5.41) is 15.4. The van der Waals surface area contributed by atoms with Crippen LogP contribution in [0.3, 0.4) is 0 Å². The van der Waals surface area contributed by atoms with Crippen LogP contribution in [0.2, 0.25) is 0 Å². The van der Waals surface area contributed by atoms with Gasteiger partial charge in [0.15, 0.2) is 10.8 Å². The number of nitrogens with one attached hydrogen (secondary N) is 2. The average molecular weight is 423 g/mol. The van der Waals surface area contributed by atoms with Gasteiger partial charge in [-0.15, -0.1) is 4.80 Å². The van der Waals surface area contributed by atoms with Crippen LogP contribution >= 0.6 is 11.3 Å².